The number of carbonyl (C=O) groups is 2. The Bertz CT molecular complexity index is 907. The summed E-state index contributed by atoms with van der Waals surface area (Å²) >= 11 is 5.95. The molecule has 2 aromatic rings. The van der Waals surface area contributed by atoms with Crippen LogP contribution in [-0.4, -0.2) is 63.2 Å². The molecule has 7 nitrogen and oxygen atoms in total. The minimum atomic E-state index is -0.383. The average Bonchev–Trinajstić information content (AvgIpc) is 2.80. The van der Waals surface area contributed by atoms with Gasteiger partial charge in [-0.2, -0.15) is 0 Å². The summed E-state index contributed by atoms with van der Waals surface area (Å²) in [5.74, 6) is -0.0920. The van der Waals surface area contributed by atoms with Crippen LogP contribution in [0.15, 0.2) is 54.2 Å². The monoisotopic (exact) mass is 443 g/mol. The van der Waals surface area contributed by atoms with Crippen molar-refractivity contribution < 1.29 is 19.1 Å². The fourth-order valence-electron chi connectivity index (χ4n) is 3.07. The molecule has 3 rings (SSSR count). The van der Waals surface area contributed by atoms with Gasteiger partial charge >= 0.3 is 0 Å². The maximum Gasteiger partial charge on any atom is 0.267 e. The molecule has 0 aliphatic carbocycles. The topological polar surface area (TPSA) is 79.9 Å². The van der Waals surface area contributed by atoms with Gasteiger partial charge in [0.1, 0.15) is 11.4 Å². The summed E-state index contributed by atoms with van der Waals surface area (Å²) in [5.41, 5.74) is 1.33. The van der Waals surface area contributed by atoms with E-state index in [4.69, 9.17) is 21.1 Å². The lowest BCUT2D eigenvalue weighted by Crippen LogP contribution is -2.42. The highest BCUT2D eigenvalue weighted by atomic mass is 35.5. The van der Waals surface area contributed by atoms with E-state index in [1.54, 1.807) is 61.7 Å². The van der Waals surface area contributed by atoms with Crippen LogP contribution in [0.3, 0.4) is 0 Å². The van der Waals surface area contributed by atoms with E-state index < -0.39 is 0 Å². The number of hydrogen-bond acceptors (Lipinski definition) is 5. The molecule has 31 heavy (non-hydrogen) atoms. The first-order valence-corrected chi connectivity index (χ1v) is 10.4. The van der Waals surface area contributed by atoms with Crippen molar-refractivity contribution in [3.8, 4) is 5.75 Å². The molecular weight excluding hydrogens is 418 g/mol. The van der Waals surface area contributed by atoms with Gasteiger partial charge in [0.2, 0.25) is 0 Å². The second kappa shape index (κ2) is 11.5. The maximum atomic E-state index is 12.8. The number of benzene rings is 2. The summed E-state index contributed by atoms with van der Waals surface area (Å²) in [5, 5.41) is 6.20. The third-order valence-corrected chi connectivity index (χ3v) is 5.10. The van der Waals surface area contributed by atoms with Crippen molar-refractivity contribution >= 4 is 29.5 Å². The van der Waals surface area contributed by atoms with Gasteiger partial charge < -0.3 is 20.1 Å². The molecule has 2 amide bonds. The molecule has 0 radical (unpaired) electrons. The Hall–Kier alpha value is -2.87. The molecule has 1 aliphatic heterocycles. The largest absolute Gasteiger partial charge is 0.497 e. The fourth-order valence-corrected chi connectivity index (χ4v) is 3.19. The first kappa shape index (κ1) is 22.8. The molecule has 0 bridgehead atoms. The highest BCUT2D eigenvalue weighted by molar-refractivity contribution is 6.30. The molecule has 0 aromatic heterocycles. The summed E-state index contributed by atoms with van der Waals surface area (Å²) < 4.78 is 10.5. The Morgan fingerprint density at radius 2 is 1.77 bits per heavy atom. The fraction of sp³-hybridized carbons (Fsp3) is 0.304. The number of nitrogens with one attached hydrogen (secondary N) is 2. The van der Waals surface area contributed by atoms with Gasteiger partial charge in [-0.25, -0.2) is 0 Å². The lowest BCUT2D eigenvalue weighted by Gasteiger charge is -2.26. The predicted molar refractivity (Wildman–Crippen MR) is 120 cm³/mol. The van der Waals surface area contributed by atoms with E-state index in [-0.39, 0.29) is 17.5 Å². The molecule has 0 unspecified atom stereocenters. The van der Waals surface area contributed by atoms with E-state index in [2.05, 4.69) is 15.5 Å². The normalized spacial score (nSPS) is 14.7. The van der Waals surface area contributed by atoms with Crippen LogP contribution < -0.4 is 15.4 Å². The van der Waals surface area contributed by atoms with Crippen LogP contribution >= 0.6 is 11.6 Å². The number of morpholine rings is 1. The number of nitrogens with zero attached hydrogens (tertiary/aromatic N) is 1. The Balaban J connectivity index is 1.69. The van der Waals surface area contributed by atoms with E-state index in [1.807, 2.05) is 0 Å². The SMILES string of the molecule is COc1ccc(C(=O)N/C(=C\c2ccc(Cl)cc2)C(=O)NCCN2CCOCC2)cc1. The predicted octanol–water partition coefficient (Wildman–Crippen LogP) is 2.57. The average molecular weight is 444 g/mol. The molecule has 0 atom stereocenters. The molecule has 1 fully saturated rings. The van der Waals surface area contributed by atoms with Gasteiger partial charge in [-0.1, -0.05) is 23.7 Å². The molecule has 2 aromatic carbocycles. The van der Waals surface area contributed by atoms with Gasteiger partial charge in [0.25, 0.3) is 11.8 Å². The number of amides is 2. The van der Waals surface area contributed by atoms with Crippen LogP contribution in [0.1, 0.15) is 15.9 Å². The van der Waals surface area contributed by atoms with Gasteiger partial charge in [-0.15, -0.1) is 0 Å². The minimum Gasteiger partial charge on any atom is -0.497 e. The van der Waals surface area contributed by atoms with E-state index in [1.165, 1.54) is 0 Å². The molecule has 1 saturated heterocycles. The van der Waals surface area contributed by atoms with Crippen molar-refractivity contribution in [3.05, 3.63) is 70.4 Å². The first-order chi connectivity index (χ1) is 15.0. The third-order valence-electron chi connectivity index (χ3n) is 4.84. The molecule has 1 aliphatic rings. The quantitative estimate of drug-likeness (QED) is 0.613. The van der Waals surface area contributed by atoms with E-state index in [9.17, 15) is 9.59 Å². The van der Waals surface area contributed by atoms with Crippen LogP contribution in [0, 0.1) is 0 Å². The van der Waals surface area contributed by atoms with Crippen LogP contribution in [0.25, 0.3) is 6.08 Å². The number of halogens is 1. The molecule has 0 spiro atoms. The Morgan fingerprint density at radius 3 is 2.42 bits per heavy atom. The summed E-state index contributed by atoms with van der Waals surface area (Å²) in [6.45, 7) is 4.28. The number of carbonyl (C=O) groups excluding carboxylic acids is 2. The van der Waals surface area contributed by atoms with Gasteiger partial charge in [-0.05, 0) is 48.0 Å². The van der Waals surface area contributed by atoms with Gasteiger partial charge in [0, 0.05) is 36.8 Å². The van der Waals surface area contributed by atoms with E-state index >= 15 is 0 Å². The summed E-state index contributed by atoms with van der Waals surface area (Å²) in [6, 6.07) is 13.7. The Morgan fingerprint density at radius 1 is 1.10 bits per heavy atom. The zero-order valence-corrected chi connectivity index (χ0v) is 18.2. The smallest absolute Gasteiger partial charge is 0.267 e. The van der Waals surface area contributed by atoms with Gasteiger partial charge in [0.05, 0.1) is 20.3 Å². The van der Waals surface area contributed by atoms with Crippen molar-refractivity contribution in [1.82, 2.24) is 15.5 Å². The third kappa shape index (κ3) is 7.10. The van der Waals surface area contributed by atoms with E-state index in [0.29, 0.717) is 36.1 Å². The van der Waals surface area contributed by atoms with Crippen molar-refractivity contribution in [2.45, 2.75) is 0 Å². The summed E-state index contributed by atoms with van der Waals surface area (Å²) in [7, 11) is 1.56. The van der Waals surface area contributed by atoms with Crippen LogP contribution in [0.5, 0.6) is 5.75 Å². The molecule has 2 N–H and O–H groups in total. The van der Waals surface area contributed by atoms with Crippen molar-refractivity contribution in [1.29, 1.82) is 0 Å². The molecule has 8 heteroatoms. The number of methoxy groups -OCH3 is 1. The lowest BCUT2D eigenvalue weighted by molar-refractivity contribution is -0.117. The summed E-state index contributed by atoms with van der Waals surface area (Å²) in [6.07, 6.45) is 1.63. The minimum absolute atomic E-state index is 0.158. The number of rotatable bonds is 8. The second-order valence-corrected chi connectivity index (χ2v) is 7.44. The second-order valence-electron chi connectivity index (χ2n) is 7.00. The zero-order chi connectivity index (χ0) is 22.1. The van der Waals surface area contributed by atoms with Crippen molar-refractivity contribution in [2.75, 3.05) is 46.5 Å². The Kier molecular flexibility index (Phi) is 8.46. The summed E-state index contributed by atoms with van der Waals surface area (Å²) in [4.78, 5) is 27.8. The van der Waals surface area contributed by atoms with E-state index in [0.717, 1.165) is 25.2 Å². The van der Waals surface area contributed by atoms with Crippen molar-refractivity contribution in [2.24, 2.45) is 0 Å². The maximum absolute atomic E-state index is 12.8. The highest BCUT2D eigenvalue weighted by Gasteiger charge is 2.16. The lowest BCUT2D eigenvalue weighted by atomic mass is 10.1. The number of hydrogen-bond donors (Lipinski definition) is 2. The van der Waals surface area contributed by atoms with Crippen LogP contribution in [0.2, 0.25) is 5.02 Å². The zero-order valence-electron chi connectivity index (χ0n) is 17.4. The Labute approximate surface area is 187 Å². The molecule has 0 saturated carbocycles. The first-order valence-electron chi connectivity index (χ1n) is 10.1. The standard InChI is InChI=1S/C23H26ClN3O4/c1-30-20-8-4-18(5-9-20)22(28)26-21(16-17-2-6-19(24)7-3-17)23(29)25-10-11-27-12-14-31-15-13-27/h2-9,16H,10-15H2,1H3,(H,25,29)(H,26,28)/b21-16-. The van der Waals surface area contributed by atoms with Gasteiger partial charge in [-0.3, -0.25) is 14.5 Å². The van der Waals surface area contributed by atoms with Crippen LogP contribution in [-0.2, 0) is 9.53 Å². The molecular formula is C23H26ClN3O4. The van der Waals surface area contributed by atoms with Crippen molar-refractivity contribution in [3.63, 3.8) is 0 Å². The van der Waals surface area contributed by atoms with Gasteiger partial charge in [0.15, 0.2) is 0 Å². The molecule has 1 heterocycles. The van der Waals surface area contributed by atoms with Crippen LogP contribution in [0.4, 0.5) is 0 Å². The highest BCUT2D eigenvalue weighted by Crippen LogP contribution is 2.14. The number of ether oxygens (including phenoxy) is 2. The molecule has 164 valence electrons.